The van der Waals surface area contributed by atoms with Crippen LogP contribution in [0.5, 0.6) is 0 Å². The van der Waals surface area contributed by atoms with Crippen molar-refractivity contribution in [3.05, 3.63) is 22.7 Å². The highest BCUT2D eigenvalue weighted by Gasteiger charge is 2.74. The largest absolute Gasteiger partial charge is 0.460 e. The maximum absolute atomic E-state index is 14.5. The summed E-state index contributed by atoms with van der Waals surface area (Å²) < 4.78 is 18.2. The first-order chi connectivity index (χ1) is 19.8. The Balaban J connectivity index is 1.50. The van der Waals surface area contributed by atoms with E-state index in [9.17, 15) is 24.3 Å². The van der Waals surface area contributed by atoms with Gasteiger partial charge in [-0.1, -0.05) is 28.1 Å². The molecule has 0 aromatic rings. The van der Waals surface area contributed by atoms with Gasteiger partial charge in [0, 0.05) is 56.8 Å². The van der Waals surface area contributed by atoms with E-state index >= 15 is 0 Å². The first kappa shape index (κ1) is 30.1. The number of ether oxygens (including phenoxy) is 3. The number of allylic oxidation sites excluding steroid dienone is 1. The highest BCUT2D eigenvalue weighted by molar-refractivity contribution is 9.11. The van der Waals surface area contributed by atoms with Crippen molar-refractivity contribution in [2.45, 2.75) is 50.0 Å². The molecule has 1 spiro atoms. The number of cyclic esters (lactones) is 1. The van der Waals surface area contributed by atoms with E-state index in [-0.39, 0.29) is 50.3 Å². The Morgan fingerprint density at radius 2 is 1.88 bits per heavy atom. The molecule has 41 heavy (non-hydrogen) atoms. The standard InChI is InChI=1S/C28H39BrN4O8/c1-18-17-30-20(35)6-3-2-4-7-32(10-9-31-11-14-39-15-12-31)26(37)24-28-16-19(29)23(41-28)21(27(38)40-18)22(28)25(36)33(24)8-5-13-34/h2,4,16,18,21-24,34H,3,5-15,17H2,1H3,(H,30,35)/b4-2-/t18-,21+,22-,23+,24+,28-/m0/s1. The number of halogens is 1. The van der Waals surface area contributed by atoms with Crippen LogP contribution in [0.2, 0.25) is 0 Å². The van der Waals surface area contributed by atoms with Crippen molar-refractivity contribution in [3.63, 3.8) is 0 Å². The van der Waals surface area contributed by atoms with Crippen molar-refractivity contribution in [2.75, 3.05) is 65.6 Å². The molecule has 0 radical (unpaired) electrons. The predicted molar refractivity (Wildman–Crippen MR) is 150 cm³/mol. The summed E-state index contributed by atoms with van der Waals surface area (Å²) in [5.74, 6) is -3.30. The molecule has 13 heteroatoms. The zero-order chi connectivity index (χ0) is 29.1. The van der Waals surface area contributed by atoms with E-state index < -0.39 is 41.7 Å². The lowest BCUT2D eigenvalue weighted by atomic mass is 9.74. The average Bonchev–Trinajstić information content (AvgIpc) is 3.55. The number of esters is 1. The molecule has 3 fully saturated rings. The molecule has 12 nitrogen and oxygen atoms in total. The van der Waals surface area contributed by atoms with Crippen LogP contribution in [0.1, 0.15) is 26.2 Å². The van der Waals surface area contributed by atoms with Gasteiger partial charge in [0.25, 0.3) is 0 Å². The minimum Gasteiger partial charge on any atom is -0.460 e. The van der Waals surface area contributed by atoms with Crippen molar-refractivity contribution in [3.8, 4) is 0 Å². The van der Waals surface area contributed by atoms with Crippen molar-refractivity contribution >= 4 is 39.6 Å². The molecule has 5 aliphatic heterocycles. The molecule has 226 valence electrons. The second-order valence-electron chi connectivity index (χ2n) is 11.2. The third kappa shape index (κ3) is 5.96. The van der Waals surface area contributed by atoms with Gasteiger partial charge in [0.05, 0.1) is 25.7 Å². The number of likely N-dealkylation sites (tertiary alicyclic amines) is 1. The monoisotopic (exact) mass is 638 g/mol. The van der Waals surface area contributed by atoms with Crippen LogP contribution in [-0.4, -0.2) is 133 Å². The molecule has 3 saturated heterocycles. The number of carbonyl (C=O) groups excluding carboxylic acids is 4. The summed E-state index contributed by atoms with van der Waals surface area (Å²) in [5.41, 5.74) is -1.34. The number of hydrogen-bond acceptors (Lipinski definition) is 9. The smallest absolute Gasteiger partial charge is 0.313 e. The summed E-state index contributed by atoms with van der Waals surface area (Å²) >= 11 is 3.54. The quantitative estimate of drug-likeness (QED) is 0.299. The number of amides is 3. The van der Waals surface area contributed by atoms with Crippen molar-refractivity contribution in [1.82, 2.24) is 20.0 Å². The minimum atomic E-state index is -1.34. The van der Waals surface area contributed by atoms with Crippen LogP contribution in [0.4, 0.5) is 0 Å². The maximum atomic E-state index is 14.5. The Labute approximate surface area is 248 Å². The lowest BCUT2D eigenvalue weighted by Gasteiger charge is -2.37. The van der Waals surface area contributed by atoms with E-state index in [0.717, 1.165) is 13.1 Å². The molecule has 5 heterocycles. The molecule has 0 saturated carbocycles. The number of rotatable bonds is 6. The maximum Gasteiger partial charge on any atom is 0.313 e. The zero-order valence-electron chi connectivity index (χ0n) is 23.3. The normalized spacial score (nSPS) is 35.8. The summed E-state index contributed by atoms with van der Waals surface area (Å²) in [7, 11) is 0. The van der Waals surface area contributed by atoms with Gasteiger partial charge in [-0.05, 0) is 25.8 Å². The minimum absolute atomic E-state index is 0.145. The van der Waals surface area contributed by atoms with E-state index in [0.29, 0.717) is 43.8 Å². The Hall–Kier alpha value is -2.32. The van der Waals surface area contributed by atoms with Crippen molar-refractivity contribution in [2.24, 2.45) is 11.8 Å². The van der Waals surface area contributed by atoms with Gasteiger partial charge in [-0.15, -0.1) is 0 Å². The predicted octanol–water partition coefficient (Wildman–Crippen LogP) is -0.199. The number of aliphatic hydroxyl groups excluding tert-OH is 1. The second kappa shape index (κ2) is 12.9. The third-order valence-corrected chi connectivity index (χ3v) is 9.21. The topological polar surface area (TPSA) is 138 Å². The fraction of sp³-hybridized carbons (Fsp3) is 0.714. The van der Waals surface area contributed by atoms with E-state index in [1.807, 2.05) is 12.2 Å². The fourth-order valence-electron chi connectivity index (χ4n) is 6.50. The van der Waals surface area contributed by atoms with Crippen molar-refractivity contribution in [1.29, 1.82) is 0 Å². The van der Waals surface area contributed by atoms with Gasteiger partial charge in [-0.2, -0.15) is 0 Å². The van der Waals surface area contributed by atoms with E-state index in [1.54, 1.807) is 17.9 Å². The summed E-state index contributed by atoms with van der Waals surface area (Å²) in [6.07, 6.45) is 5.20. The number of fused-ring (bicyclic) bond motifs is 2. The number of nitrogens with zero attached hydrogens (tertiary/aromatic N) is 3. The average molecular weight is 640 g/mol. The molecular formula is C28H39BrN4O8. The summed E-state index contributed by atoms with van der Waals surface area (Å²) in [6, 6.07) is -1.00. The number of morpholine rings is 1. The van der Waals surface area contributed by atoms with Crippen LogP contribution >= 0.6 is 15.9 Å². The van der Waals surface area contributed by atoms with E-state index in [1.165, 1.54) is 4.90 Å². The molecule has 5 bridgehead atoms. The first-order valence-corrected chi connectivity index (χ1v) is 15.2. The summed E-state index contributed by atoms with van der Waals surface area (Å²) in [5, 5.41) is 12.4. The number of carbonyl (C=O) groups is 4. The van der Waals surface area contributed by atoms with Crippen LogP contribution in [0, 0.1) is 11.8 Å². The third-order valence-electron chi connectivity index (χ3n) is 8.53. The first-order valence-electron chi connectivity index (χ1n) is 14.5. The molecule has 5 rings (SSSR count). The fourth-order valence-corrected chi connectivity index (χ4v) is 7.23. The van der Waals surface area contributed by atoms with E-state index in [4.69, 9.17) is 14.2 Å². The molecule has 0 aromatic carbocycles. The molecular weight excluding hydrogens is 600 g/mol. The molecule has 3 amide bonds. The van der Waals surface area contributed by atoms with Crippen LogP contribution in [0.15, 0.2) is 22.7 Å². The van der Waals surface area contributed by atoms with Gasteiger partial charge >= 0.3 is 5.97 Å². The Morgan fingerprint density at radius 3 is 2.63 bits per heavy atom. The second-order valence-corrected chi connectivity index (χ2v) is 12.2. The molecule has 0 unspecified atom stereocenters. The molecule has 2 N–H and O–H groups in total. The van der Waals surface area contributed by atoms with Gasteiger partial charge in [-0.3, -0.25) is 24.1 Å². The van der Waals surface area contributed by atoms with Crippen LogP contribution in [0.25, 0.3) is 0 Å². The van der Waals surface area contributed by atoms with Crippen LogP contribution in [-0.2, 0) is 33.4 Å². The van der Waals surface area contributed by atoms with Crippen LogP contribution < -0.4 is 5.32 Å². The Kier molecular flexibility index (Phi) is 9.49. The molecule has 5 aliphatic rings. The van der Waals surface area contributed by atoms with Gasteiger partial charge in [0.15, 0.2) is 0 Å². The lowest BCUT2D eigenvalue weighted by Crippen LogP contribution is -2.57. The van der Waals surface area contributed by atoms with Gasteiger partial charge in [-0.25, -0.2) is 0 Å². The molecule has 0 aromatic heterocycles. The zero-order valence-corrected chi connectivity index (χ0v) is 24.9. The summed E-state index contributed by atoms with van der Waals surface area (Å²) in [6.45, 7) is 5.99. The number of nitrogens with one attached hydrogen (secondary N) is 1. The summed E-state index contributed by atoms with van der Waals surface area (Å²) in [4.78, 5) is 59.8. The number of hydrogen-bond donors (Lipinski definition) is 2. The van der Waals surface area contributed by atoms with Gasteiger partial charge in [0.2, 0.25) is 17.7 Å². The number of aliphatic hydroxyl groups is 1. The van der Waals surface area contributed by atoms with Crippen molar-refractivity contribution < 1.29 is 38.5 Å². The SMILES string of the molecule is C[C@H]1CNC(=O)CC/C=C\CN(CCN2CCOCC2)C(=O)[C@H]2N(CCCO)C(=O)[C@@H]3[C@@H](C(=O)O1)[C@@H]1O[C@@]32C=C1Br. The van der Waals surface area contributed by atoms with Gasteiger partial charge < -0.3 is 34.4 Å². The Morgan fingerprint density at radius 1 is 1.10 bits per heavy atom. The van der Waals surface area contributed by atoms with Gasteiger partial charge in [0.1, 0.15) is 29.8 Å². The Bertz CT molecular complexity index is 1090. The molecule has 0 aliphatic carbocycles. The highest BCUT2D eigenvalue weighted by Crippen LogP contribution is 2.58. The van der Waals surface area contributed by atoms with Crippen LogP contribution in [0.3, 0.4) is 0 Å². The lowest BCUT2D eigenvalue weighted by molar-refractivity contribution is -0.158. The van der Waals surface area contributed by atoms with E-state index in [2.05, 4.69) is 26.1 Å². The highest BCUT2D eigenvalue weighted by atomic mass is 79.9. The molecule has 6 atom stereocenters.